The molecule has 0 aliphatic heterocycles. The predicted octanol–water partition coefficient (Wildman–Crippen LogP) is 4.10. The first-order valence-electron chi connectivity index (χ1n) is 9.08. The lowest BCUT2D eigenvalue weighted by atomic mass is 9.97. The summed E-state index contributed by atoms with van der Waals surface area (Å²) in [4.78, 5) is 22.8. The minimum Gasteiger partial charge on any atom is -0.497 e. The van der Waals surface area contributed by atoms with E-state index >= 15 is 0 Å². The molecule has 1 amide bonds. The fraction of sp³-hybridized carbons (Fsp3) is 0.429. The number of carboxylic acids is 1. The number of rotatable bonds is 10. The van der Waals surface area contributed by atoms with E-state index in [1.807, 2.05) is 43.3 Å². The van der Waals surface area contributed by atoms with Crippen LogP contribution in [0.2, 0.25) is 0 Å². The van der Waals surface area contributed by atoms with Crippen molar-refractivity contribution in [2.24, 2.45) is 0 Å². The van der Waals surface area contributed by atoms with Crippen molar-refractivity contribution >= 4 is 22.6 Å². The smallest absolute Gasteiger partial charge is 0.303 e. The maximum Gasteiger partial charge on any atom is 0.303 e. The van der Waals surface area contributed by atoms with Crippen molar-refractivity contribution in [3.05, 3.63) is 42.0 Å². The van der Waals surface area contributed by atoms with Crippen molar-refractivity contribution in [2.75, 3.05) is 13.7 Å². The highest BCUT2D eigenvalue weighted by Gasteiger charge is 2.15. The predicted molar refractivity (Wildman–Crippen MR) is 103 cm³/mol. The van der Waals surface area contributed by atoms with Crippen LogP contribution in [0.1, 0.15) is 50.5 Å². The van der Waals surface area contributed by atoms with E-state index in [4.69, 9.17) is 9.84 Å². The van der Waals surface area contributed by atoms with Crippen LogP contribution in [0, 0.1) is 0 Å². The van der Waals surface area contributed by atoms with Crippen LogP contribution in [-0.2, 0) is 9.59 Å². The number of fused-ring (bicyclic) bond motifs is 1. The van der Waals surface area contributed by atoms with E-state index in [0.29, 0.717) is 13.0 Å². The van der Waals surface area contributed by atoms with Gasteiger partial charge in [-0.05, 0) is 48.2 Å². The number of carboxylic acid groups (broad SMARTS) is 1. The summed E-state index contributed by atoms with van der Waals surface area (Å²) in [6, 6.07) is 11.9. The van der Waals surface area contributed by atoms with E-state index in [1.165, 1.54) is 0 Å². The second-order valence-electron chi connectivity index (χ2n) is 6.54. The number of hydrogen-bond donors (Lipinski definition) is 2. The number of hydrogen-bond acceptors (Lipinski definition) is 3. The van der Waals surface area contributed by atoms with Crippen LogP contribution in [0.25, 0.3) is 10.8 Å². The van der Waals surface area contributed by atoms with E-state index < -0.39 is 5.97 Å². The lowest BCUT2D eigenvalue weighted by molar-refractivity contribution is -0.137. The highest BCUT2D eigenvalue weighted by molar-refractivity contribution is 5.88. The number of nitrogens with one attached hydrogen (secondary N) is 1. The van der Waals surface area contributed by atoms with Crippen LogP contribution in [0.5, 0.6) is 5.75 Å². The molecule has 140 valence electrons. The van der Waals surface area contributed by atoms with Crippen molar-refractivity contribution in [2.45, 2.75) is 44.9 Å². The van der Waals surface area contributed by atoms with Gasteiger partial charge in [-0.1, -0.05) is 37.1 Å². The molecular weight excluding hydrogens is 330 g/mol. The summed E-state index contributed by atoms with van der Waals surface area (Å²) in [5.41, 5.74) is 0.988. The van der Waals surface area contributed by atoms with Gasteiger partial charge in [0, 0.05) is 13.0 Å². The first kappa shape index (κ1) is 19.8. The van der Waals surface area contributed by atoms with Crippen LogP contribution >= 0.6 is 0 Å². The van der Waals surface area contributed by atoms with Gasteiger partial charge in [-0.2, -0.15) is 0 Å². The zero-order valence-corrected chi connectivity index (χ0v) is 15.5. The second kappa shape index (κ2) is 9.80. The van der Waals surface area contributed by atoms with Gasteiger partial charge in [0.2, 0.25) is 5.91 Å². The summed E-state index contributed by atoms with van der Waals surface area (Å²) in [6.45, 7) is 2.54. The van der Waals surface area contributed by atoms with Crippen LogP contribution < -0.4 is 10.1 Å². The maximum absolute atomic E-state index is 12.3. The average Bonchev–Trinajstić information content (AvgIpc) is 2.65. The number of ether oxygens (including phenoxy) is 1. The molecule has 2 aromatic rings. The third-order valence-corrected chi connectivity index (χ3v) is 4.58. The number of aliphatic carboxylic acids is 1. The molecular formula is C21H27NO4. The molecule has 26 heavy (non-hydrogen) atoms. The lowest BCUT2D eigenvalue weighted by Gasteiger charge is -2.13. The van der Waals surface area contributed by atoms with Crippen LogP contribution in [0.3, 0.4) is 0 Å². The third kappa shape index (κ3) is 5.76. The van der Waals surface area contributed by atoms with Crippen molar-refractivity contribution < 1.29 is 19.4 Å². The fourth-order valence-electron chi connectivity index (χ4n) is 2.91. The number of methoxy groups -OCH3 is 1. The van der Waals surface area contributed by atoms with Crippen molar-refractivity contribution in [1.82, 2.24) is 5.32 Å². The van der Waals surface area contributed by atoms with Gasteiger partial charge < -0.3 is 15.2 Å². The summed E-state index contributed by atoms with van der Waals surface area (Å²) in [5.74, 6) is -0.128. The number of unbranched alkanes of at least 4 members (excludes halogenated alkanes) is 3. The Balaban J connectivity index is 1.82. The molecule has 0 aromatic heterocycles. The van der Waals surface area contributed by atoms with Gasteiger partial charge in [0.05, 0.1) is 13.0 Å². The van der Waals surface area contributed by atoms with Crippen molar-refractivity contribution in [3.8, 4) is 5.75 Å². The number of amides is 1. The normalized spacial score (nSPS) is 11.9. The molecule has 0 radical (unpaired) electrons. The average molecular weight is 357 g/mol. The SMILES string of the molecule is COc1ccc2cc(C(C)C(=O)NCCCCCCC(=O)O)ccc2c1. The Labute approximate surface area is 154 Å². The van der Waals surface area contributed by atoms with Crippen molar-refractivity contribution in [3.63, 3.8) is 0 Å². The first-order valence-corrected chi connectivity index (χ1v) is 9.08. The van der Waals surface area contributed by atoms with Crippen molar-refractivity contribution in [1.29, 1.82) is 0 Å². The Morgan fingerprint density at radius 1 is 1.04 bits per heavy atom. The molecule has 1 unspecified atom stereocenters. The van der Waals surface area contributed by atoms with E-state index in [9.17, 15) is 9.59 Å². The minimum atomic E-state index is -0.749. The summed E-state index contributed by atoms with van der Waals surface area (Å²) >= 11 is 0. The Kier molecular flexibility index (Phi) is 7.45. The quantitative estimate of drug-likeness (QED) is 0.628. The largest absolute Gasteiger partial charge is 0.497 e. The Morgan fingerprint density at radius 2 is 1.73 bits per heavy atom. The van der Waals surface area contributed by atoms with E-state index in [-0.39, 0.29) is 18.2 Å². The van der Waals surface area contributed by atoms with Gasteiger partial charge in [0.1, 0.15) is 5.75 Å². The Morgan fingerprint density at radius 3 is 2.46 bits per heavy atom. The van der Waals surface area contributed by atoms with E-state index in [2.05, 4.69) is 5.32 Å². The van der Waals surface area contributed by atoms with Crippen LogP contribution in [0.15, 0.2) is 36.4 Å². The first-order chi connectivity index (χ1) is 12.5. The monoisotopic (exact) mass is 357 g/mol. The topological polar surface area (TPSA) is 75.6 Å². The molecule has 0 aliphatic carbocycles. The zero-order valence-electron chi connectivity index (χ0n) is 15.5. The van der Waals surface area contributed by atoms with Gasteiger partial charge in [-0.25, -0.2) is 0 Å². The molecule has 0 bridgehead atoms. The molecule has 5 heteroatoms. The van der Waals surface area contributed by atoms with Crippen LogP contribution in [0.4, 0.5) is 0 Å². The van der Waals surface area contributed by atoms with Gasteiger partial charge >= 0.3 is 5.97 Å². The van der Waals surface area contributed by atoms with E-state index in [0.717, 1.165) is 41.3 Å². The molecule has 5 nitrogen and oxygen atoms in total. The van der Waals surface area contributed by atoms with Gasteiger partial charge in [0.15, 0.2) is 0 Å². The molecule has 2 N–H and O–H groups in total. The molecule has 0 fully saturated rings. The minimum absolute atomic E-state index is 0.0170. The fourth-order valence-corrected chi connectivity index (χ4v) is 2.91. The highest BCUT2D eigenvalue weighted by Crippen LogP contribution is 2.25. The zero-order chi connectivity index (χ0) is 18.9. The Hall–Kier alpha value is -2.56. The Bertz CT molecular complexity index is 757. The highest BCUT2D eigenvalue weighted by atomic mass is 16.5. The summed E-state index contributed by atoms with van der Waals surface area (Å²) in [5, 5.41) is 13.7. The van der Waals surface area contributed by atoms with Gasteiger partial charge in [-0.15, -0.1) is 0 Å². The molecule has 1 atom stereocenters. The van der Waals surface area contributed by atoms with Gasteiger partial charge in [0.25, 0.3) is 0 Å². The molecule has 0 saturated heterocycles. The molecule has 0 saturated carbocycles. The van der Waals surface area contributed by atoms with E-state index in [1.54, 1.807) is 7.11 Å². The molecule has 0 heterocycles. The maximum atomic E-state index is 12.3. The second-order valence-corrected chi connectivity index (χ2v) is 6.54. The molecule has 0 spiro atoms. The summed E-state index contributed by atoms with van der Waals surface area (Å²) < 4.78 is 5.24. The summed E-state index contributed by atoms with van der Waals surface area (Å²) in [6.07, 6.45) is 3.60. The lowest BCUT2D eigenvalue weighted by Crippen LogP contribution is -2.28. The molecule has 0 aliphatic rings. The number of carbonyl (C=O) groups excluding carboxylic acids is 1. The third-order valence-electron chi connectivity index (χ3n) is 4.58. The molecule has 2 aromatic carbocycles. The number of benzene rings is 2. The standard InChI is InChI=1S/C21H27NO4/c1-15(21(25)22-12-6-4-3-5-7-20(23)24)16-8-9-18-14-19(26-2)11-10-17(18)13-16/h8-11,13-15H,3-7,12H2,1-2H3,(H,22,25)(H,23,24). The van der Waals surface area contributed by atoms with Crippen LogP contribution in [-0.4, -0.2) is 30.6 Å². The summed E-state index contributed by atoms with van der Waals surface area (Å²) in [7, 11) is 1.65. The number of carbonyl (C=O) groups is 2. The molecule has 2 rings (SSSR count). The van der Waals surface area contributed by atoms with Gasteiger partial charge in [-0.3, -0.25) is 9.59 Å².